The lowest BCUT2D eigenvalue weighted by atomic mass is 9.76. The predicted molar refractivity (Wildman–Crippen MR) is 76.5 cm³/mol. The molecule has 1 fully saturated rings. The largest absolute Gasteiger partial charge is 0.326 e. The van der Waals surface area contributed by atoms with Crippen LogP contribution in [0.2, 0.25) is 5.02 Å². The van der Waals surface area contributed by atoms with Crippen molar-refractivity contribution in [2.24, 2.45) is 5.73 Å². The molecule has 3 N–H and O–H groups in total. The molecule has 0 radical (unpaired) electrons. The van der Waals surface area contributed by atoms with Crippen molar-refractivity contribution in [2.45, 2.75) is 49.6 Å². The SMILES string of the molecule is CCC1(NS(=O)(=O)c2cc(CN)ccc2Cl)CCC1. The molecule has 1 aromatic rings. The van der Waals surface area contributed by atoms with Crippen LogP contribution in [0.25, 0.3) is 0 Å². The fourth-order valence-electron chi connectivity index (χ4n) is 2.35. The second-order valence-corrected chi connectivity index (χ2v) is 7.12. The summed E-state index contributed by atoms with van der Waals surface area (Å²) in [6, 6.07) is 4.87. The van der Waals surface area contributed by atoms with Crippen molar-refractivity contribution in [1.82, 2.24) is 4.72 Å². The van der Waals surface area contributed by atoms with Gasteiger partial charge in [-0.1, -0.05) is 24.6 Å². The third kappa shape index (κ3) is 2.94. The molecule has 1 aliphatic carbocycles. The van der Waals surface area contributed by atoms with E-state index in [0.29, 0.717) is 6.54 Å². The molecular formula is C13H19ClN2O2S. The second-order valence-electron chi connectivity index (χ2n) is 5.06. The van der Waals surface area contributed by atoms with Crippen LogP contribution >= 0.6 is 11.6 Å². The summed E-state index contributed by atoms with van der Waals surface area (Å²) in [6.45, 7) is 2.29. The van der Waals surface area contributed by atoms with Crippen molar-refractivity contribution in [1.29, 1.82) is 0 Å². The summed E-state index contributed by atoms with van der Waals surface area (Å²) in [5.74, 6) is 0. The van der Waals surface area contributed by atoms with Crippen LogP contribution in [0.4, 0.5) is 0 Å². The number of hydrogen-bond donors (Lipinski definition) is 2. The topological polar surface area (TPSA) is 72.2 Å². The van der Waals surface area contributed by atoms with Crippen molar-refractivity contribution >= 4 is 21.6 Å². The van der Waals surface area contributed by atoms with E-state index in [0.717, 1.165) is 31.2 Å². The van der Waals surface area contributed by atoms with Gasteiger partial charge in [-0.2, -0.15) is 0 Å². The fourth-order valence-corrected chi connectivity index (χ4v) is 4.43. The maximum Gasteiger partial charge on any atom is 0.242 e. The Balaban J connectivity index is 2.34. The summed E-state index contributed by atoms with van der Waals surface area (Å²) >= 11 is 6.01. The second kappa shape index (κ2) is 5.40. The van der Waals surface area contributed by atoms with E-state index in [1.807, 2.05) is 6.92 Å². The first kappa shape index (κ1) is 14.8. The van der Waals surface area contributed by atoms with E-state index in [4.69, 9.17) is 17.3 Å². The highest BCUT2D eigenvalue weighted by molar-refractivity contribution is 7.89. The Bertz CT molecular complexity index is 562. The van der Waals surface area contributed by atoms with Gasteiger partial charge < -0.3 is 5.73 Å². The minimum absolute atomic E-state index is 0.122. The van der Waals surface area contributed by atoms with Gasteiger partial charge in [-0.05, 0) is 43.4 Å². The lowest BCUT2D eigenvalue weighted by Crippen LogP contribution is -2.52. The van der Waals surface area contributed by atoms with Crippen molar-refractivity contribution in [2.75, 3.05) is 0 Å². The Kier molecular flexibility index (Phi) is 4.20. The Morgan fingerprint density at radius 1 is 1.42 bits per heavy atom. The average Bonchev–Trinajstić information content (AvgIpc) is 2.34. The minimum Gasteiger partial charge on any atom is -0.326 e. The standard InChI is InChI=1S/C13H19ClN2O2S/c1-2-13(6-3-7-13)16-19(17,18)12-8-10(9-15)4-5-11(12)14/h4-5,8,16H,2-3,6-7,9,15H2,1H3. The molecule has 6 heteroatoms. The number of rotatable bonds is 5. The quantitative estimate of drug-likeness (QED) is 0.877. The fraction of sp³-hybridized carbons (Fsp3) is 0.538. The predicted octanol–water partition coefficient (Wildman–Crippen LogP) is 2.41. The molecule has 1 saturated carbocycles. The van der Waals surface area contributed by atoms with E-state index in [1.54, 1.807) is 18.2 Å². The van der Waals surface area contributed by atoms with Gasteiger partial charge in [0.15, 0.2) is 0 Å². The van der Waals surface area contributed by atoms with Crippen LogP contribution in [0.5, 0.6) is 0 Å². The zero-order chi connectivity index (χ0) is 14.1. The maximum absolute atomic E-state index is 12.5. The Hall–Kier alpha value is -0.620. The Labute approximate surface area is 119 Å². The molecule has 2 rings (SSSR count). The van der Waals surface area contributed by atoms with Gasteiger partial charge in [-0.3, -0.25) is 0 Å². The van der Waals surface area contributed by atoms with Crippen LogP contribution in [0.15, 0.2) is 23.1 Å². The van der Waals surface area contributed by atoms with E-state index < -0.39 is 10.0 Å². The van der Waals surface area contributed by atoms with Crippen LogP contribution in [0, 0.1) is 0 Å². The molecule has 4 nitrogen and oxygen atoms in total. The summed E-state index contributed by atoms with van der Waals surface area (Å²) < 4.78 is 27.7. The van der Waals surface area contributed by atoms with Crippen molar-refractivity contribution < 1.29 is 8.42 Å². The highest BCUT2D eigenvalue weighted by Crippen LogP contribution is 2.36. The van der Waals surface area contributed by atoms with E-state index in [-0.39, 0.29) is 15.5 Å². The molecule has 19 heavy (non-hydrogen) atoms. The van der Waals surface area contributed by atoms with Crippen LogP contribution in [0.3, 0.4) is 0 Å². The van der Waals surface area contributed by atoms with Gasteiger partial charge in [0.25, 0.3) is 0 Å². The highest BCUT2D eigenvalue weighted by atomic mass is 35.5. The lowest BCUT2D eigenvalue weighted by molar-refractivity contribution is 0.214. The highest BCUT2D eigenvalue weighted by Gasteiger charge is 2.39. The lowest BCUT2D eigenvalue weighted by Gasteiger charge is -2.41. The van der Waals surface area contributed by atoms with E-state index >= 15 is 0 Å². The van der Waals surface area contributed by atoms with Crippen LogP contribution < -0.4 is 10.5 Å². The van der Waals surface area contributed by atoms with Gasteiger partial charge >= 0.3 is 0 Å². The van der Waals surface area contributed by atoms with Crippen LogP contribution in [-0.4, -0.2) is 14.0 Å². The minimum atomic E-state index is -3.59. The van der Waals surface area contributed by atoms with Crippen LogP contribution in [-0.2, 0) is 16.6 Å². The van der Waals surface area contributed by atoms with Gasteiger partial charge in [0.1, 0.15) is 4.90 Å². The van der Waals surface area contributed by atoms with Gasteiger partial charge in [-0.15, -0.1) is 0 Å². The molecule has 0 heterocycles. The normalized spacial score (nSPS) is 18.1. The average molecular weight is 303 g/mol. The number of benzene rings is 1. The van der Waals surface area contributed by atoms with Gasteiger partial charge in [0.2, 0.25) is 10.0 Å². The summed E-state index contributed by atoms with van der Waals surface area (Å²) in [5, 5.41) is 0.232. The molecule has 0 atom stereocenters. The first-order valence-corrected chi connectivity index (χ1v) is 8.31. The number of hydrogen-bond acceptors (Lipinski definition) is 3. The molecule has 0 amide bonds. The zero-order valence-electron chi connectivity index (χ0n) is 10.9. The van der Waals surface area contributed by atoms with Crippen molar-refractivity contribution in [3.05, 3.63) is 28.8 Å². The summed E-state index contributed by atoms with van der Waals surface area (Å²) in [6.07, 6.45) is 3.63. The molecule has 1 aliphatic rings. The monoisotopic (exact) mass is 302 g/mol. The Morgan fingerprint density at radius 3 is 2.58 bits per heavy atom. The number of halogens is 1. The summed E-state index contributed by atoms with van der Waals surface area (Å²) in [7, 11) is -3.59. The summed E-state index contributed by atoms with van der Waals surface area (Å²) in [4.78, 5) is 0.122. The first-order valence-electron chi connectivity index (χ1n) is 6.45. The van der Waals surface area contributed by atoms with E-state index in [9.17, 15) is 8.42 Å². The number of nitrogens with one attached hydrogen (secondary N) is 1. The van der Waals surface area contributed by atoms with Crippen molar-refractivity contribution in [3.63, 3.8) is 0 Å². The summed E-state index contributed by atoms with van der Waals surface area (Å²) in [5.41, 5.74) is 6.01. The molecule has 0 spiro atoms. The zero-order valence-corrected chi connectivity index (χ0v) is 12.5. The van der Waals surface area contributed by atoms with Gasteiger partial charge in [0.05, 0.1) is 5.02 Å². The van der Waals surface area contributed by atoms with Gasteiger partial charge in [-0.25, -0.2) is 13.1 Å². The molecule has 0 bridgehead atoms. The first-order chi connectivity index (χ1) is 8.92. The number of nitrogens with two attached hydrogens (primary N) is 1. The smallest absolute Gasteiger partial charge is 0.242 e. The molecule has 0 unspecified atom stereocenters. The molecule has 0 aromatic heterocycles. The molecule has 0 saturated heterocycles. The molecule has 1 aromatic carbocycles. The molecule has 106 valence electrons. The van der Waals surface area contributed by atoms with Crippen LogP contribution in [0.1, 0.15) is 38.2 Å². The Morgan fingerprint density at radius 2 is 2.11 bits per heavy atom. The molecule has 0 aliphatic heterocycles. The third-order valence-corrected chi connectivity index (χ3v) is 5.92. The van der Waals surface area contributed by atoms with E-state index in [2.05, 4.69) is 4.72 Å². The van der Waals surface area contributed by atoms with Gasteiger partial charge in [0, 0.05) is 12.1 Å². The molecular weight excluding hydrogens is 284 g/mol. The van der Waals surface area contributed by atoms with E-state index in [1.165, 1.54) is 0 Å². The third-order valence-electron chi connectivity index (χ3n) is 3.86. The number of sulfonamides is 1. The van der Waals surface area contributed by atoms with Crippen molar-refractivity contribution in [3.8, 4) is 0 Å². The maximum atomic E-state index is 12.5.